The maximum absolute atomic E-state index is 5.98. The van der Waals surface area contributed by atoms with E-state index in [0.29, 0.717) is 0 Å². The van der Waals surface area contributed by atoms with Crippen LogP contribution in [0.15, 0.2) is 0 Å². The van der Waals surface area contributed by atoms with Gasteiger partial charge in [0, 0.05) is 17.9 Å². The quantitative estimate of drug-likeness (QED) is 0.578. The summed E-state index contributed by atoms with van der Waals surface area (Å²) in [5, 5.41) is 0. The van der Waals surface area contributed by atoms with Gasteiger partial charge in [-0.25, -0.2) is 0 Å². The fourth-order valence-electron chi connectivity index (χ4n) is 1.41. The summed E-state index contributed by atoms with van der Waals surface area (Å²) in [7, 11) is 0. The maximum Gasteiger partial charge on any atom is 0.0533 e. The first-order valence-corrected chi connectivity index (χ1v) is 5.93. The first-order chi connectivity index (χ1) is 6.26. The van der Waals surface area contributed by atoms with Crippen molar-refractivity contribution >= 4 is 11.6 Å². The van der Waals surface area contributed by atoms with Gasteiger partial charge < -0.3 is 4.74 Å². The number of rotatable bonds is 7. The third-order valence-corrected chi connectivity index (χ3v) is 3.81. The number of hydrogen-bond acceptors (Lipinski definition) is 1. The molecule has 1 saturated carbocycles. The van der Waals surface area contributed by atoms with E-state index in [-0.39, 0.29) is 5.41 Å². The number of alkyl halides is 1. The van der Waals surface area contributed by atoms with Crippen LogP contribution in [0.4, 0.5) is 0 Å². The van der Waals surface area contributed by atoms with E-state index in [9.17, 15) is 0 Å². The Hall–Kier alpha value is 0.250. The third kappa shape index (κ3) is 3.47. The minimum atomic E-state index is 0.233. The molecular weight excluding hydrogens is 184 g/mol. The predicted molar refractivity (Wildman–Crippen MR) is 57.3 cm³/mol. The Morgan fingerprint density at radius 1 is 1.31 bits per heavy atom. The normalized spacial score (nSPS) is 17.8. The van der Waals surface area contributed by atoms with E-state index in [4.69, 9.17) is 16.3 Å². The second kappa shape index (κ2) is 5.21. The molecule has 0 N–H and O–H groups in total. The highest BCUT2D eigenvalue weighted by molar-refractivity contribution is 6.18. The number of hydrogen-bond donors (Lipinski definition) is 0. The minimum absolute atomic E-state index is 0.233. The molecule has 2 heteroatoms. The molecule has 0 aromatic rings. The summed E-state index contributed by atoms with van der Waals surface area (Å²) in [6.07, 6.45) is 4.98. The highest BCUT2D eigenvalue weighted by atomic mass is 35.5. The highest BCUT2D eigenvalue weighted by Crippen LogP contribution is 2.32. The Balaban J connectivity index is 2.19. The van der Waals surface area contributed by atoms with Crippen molar-refractivity contribution in [1.82, 2.24) is 0 Å². The zero-order valence-corrected chi connectivity index (χ0v) is 9.57. The minimum Gasteiger partial charge on any atom is -0.381 e. The van der Waals surface area contributed by atoms with Gasteiger partial charge in [-0.1, -0.05) is 13.8 Å². The van der Waals surface area contributed by atoms with Crippen LogP contribution in [0.3, 0.4) is 0 Å². The van der Waals surface area contributed by atoms with Gasteiger partial charge in [0.1, 0.15) is 0 Å². The van der Waals surface area contributed by atoms with Gasteiger partial charge in [-0.3, -0.25) is 0 Å². The average Bonchev–Trinajstić information content (AvgIpc) is 2.97. The zero-order chi connectivity index (χ0) is 9.73. The van der Waals surface area contributed by atoms with Crippen LogP contribution < -0.4 is 0 Å². The van der Waals surface area contributed by atoms with E-state index in [1.54, 1.807) is 0 Å². The van der Waals surface area contributed by atoms with Gasteiger partial charge in [-0.2, -0.15) is 0 Å². The van der Waals surface area contributed by atoms with Gasteiger partial charge in [-0.05, 0) is 31.6 Å². The van der Waals surface area contributed by atoms with E-state index >= 15 is 0 Å². The third-order valence-electron chi connectivity index (χ3n) is 3.24. The molecule has 0 aromatic carbocycles. The first-order valence-electron chi connectivity index (χ1n) is 5.40. The summed E-state index contributed by atoms with van der Waals surface area (Å²) in [6, 6.07) is 0. The summed E-state index contributed by atoms with van der Waals surface area (Å²) in [5.41, 5.74) is 0.233. The number of halogens is 1. The van der Waals surface area contributed by atoms with Gasteiger partial charge in [0.2, 0.25) is 0 Å². The lowest BCUT2D eigenvalue weighted by Gasteiger charge is -2.28. The smallest absolute Gasteiger partial charge is 0.0533 e. The van der Waals surface area contributed by atoms with Gasteiger partial charge in [0.15, 0.2) is 0 Å². The van der Waals surface area contributed by atoms with Crippen LogP contribution in [0.25, 0.3) is 0 Å². The van der Waals surface area contributed by atoms with Gasteiger partial charge in [0.05, 0.1) is 6.61 Å². The molecule has 1 aliphatic rings. The standard InChI is InChI=1S/C11H21ClO/c1-3-11(4-2,8-12)9-13-7-10-5-6-10/h10H,3-9H2,1-2H3. The van der Waals surface area contributed by atoms with Crippen molar-refractivity contribution in [2.75, 3.05) is 19.1 Å². The molecule has 0 heterocycles. The average molecular weight is 205 g/mol. The molecule has 0 amide bonds. The first kappa shape index (κ1) is 11.3. The summed E-state index contributed by atoms with van der Waals surface area (Å²) in [6.45, 7) is 6.21. The largest absolute Gasteiger partial charge is 0.381 e. The summed E-state index contributed by atoms with van der Waals surface area (Å²) in [5.74, 6) is 1.59. The van der Waals surface area contributed by atoms with Crippen molar-refractivity contribution in [2.24, 2.45) is 11.3 Å². The van der Waals surface area contributed by atoms with Crippen molar-refractivity contribution < 1.29 is 4.74 Å². The fourth-order valence-corrected chi connectivity index (χ4v) is 1.86. The molecule has 13 heavy (non-hydrogen) atoms. The topological polar surface area (TPSA) is 9.23 Å². The van der Waals surface area contributed by atoms with E-state index in [1.165, 1.54) is 12.8 Å². The molecule has 0 radical (unpaired) electrons. The van der Waals surface area contributed by atoms with Crippen LogP contribution in [-0.2, 0) is 4.74 Å². The van der Waals surface area contributed by atoms with Crippen molar-refractivity contribution in [3.05, 3.63) is 0 Å². The van der Waals surface area contributed by atoms with Crippen LogP contribution in [0, 0.1) is 11.3 Å². The van der Waals surface area contributed by atoms with Crippen LogP contribution in [0.2, 0.25) is 0 Å². The number of ether oxygens (including phenoxy) is 1. The molecule has 78 valence electrons. The Kier molecular flexibility index (Phi) is 4.54. The molecule has 1 fully saturated rings. The molecule has 0 atom stereocenters. The van der Waals surface area contributed by atoms with Crippen LogP contribution in [-0.4, -0.2) is 19.1 Å². The molecular formula is C11H21ClO. The second-order valence-electron chi connectivity index (χ2n) is 4.30. The molecule has 0 unspecified atom stereocenters. The van der Waals surface area contributed by atoms with Crippen LogP contribution >= 0.6 is 11.6 Å². The lowest BCUT2D eigenvalue weighted by atomic mass is 9.85. The zero-order valence-electron chi connectivity index (χ0n) is 8.81. The Morgan fingerprint density at radius 2 is 1.92 bits per heavy atom. The van der Waals surface area contributed by atoms with Gasteiger partial charge in [0.25, 0.3) is 0 Å². The van der Waals surface area contributed by atoms with E-state index < -0.39 is 0 Å². The van der Waals surface area contributed by atoms with Crippen molar-refractivity contribution in [3.63, 3.8) is 0 Å². The SMILES string of the molecule is CCC(CC)(CCl)COCC1CC1. The predicted octanol–water partition coefficient (Wildman–Crippen LogP) is 3.46. The van der Waals surface area contributed by atoms with E-state index in [1.807, 2.05) is 0 Å². The van der Waals surface area contributed by atoms with E-state index in [0.717, 1.165) is 37.9 Å². The lowest BCUT2D eigenvalue weighted by Crippen LogP contribution is -2.28. The second-order valence-corrected chi connectivity index (χ2v) is 4.57. The summed E-state index contributed by atoms with van der Waals surface area (Å²) >= 11 is 5.98. The van der Waals surface area contributed by atoms with Crippen LogP contribution in [0.1, 0.15) is 39.5 Å². The Morgan fingerprint density at radius 3 is 2.31 bits per heavy atom. The Labute approximate surface area is 86.8 Å². The van der Waals surface area contributed by atoms with Crippen molar-refractivity contribution in [3.8, 4) is 0 Å². The van der Waals surface area contributed by atoms with Crippen LogP contribution in [0.5, 0.6) is 0 Å². The monoisotopic (exact) mass is 204 g/mol. The molecule has 0 bridgehead atoms. The highest BCUT2D eigenvalue weighted by Gasteiger charge is 2.27. The molecule has 1 nitrogen and oxygen atoms in total. The maximum atomic E-state index is 5.98. The molecule has 0 aromatic heterocycles. The van der Waals surface area contributed by atoms with Crippen molar-refractivity contribution in [2.45, 2.75) is 39.5 Å². The molecule has 0 aliphatic heterocycles. The molecule has 0 saturated heterocycles. The van der Waals surface area contributed by atoms with E-state index in [2.05, 4.69) is 13.8 Å². The molecule has 1 rings (SSSR count). The van der Waals surface area contributed by atoms with Gasteiger partial charge >= 0.3 is 0 Å². The molecule has 0 spiro atoms. The van der Waals surface area contributed by atoms with Crippen molar-refractivity contribution in [1.29, 1.82) is 0 Å². The lowest BCUT2D eigenvalue weighted by molar-refractivity contribution is 0.0444. The summed E-state index contributed by atoms with van der Waals surface area (Å²) < 4.78 is 5.71. The summed E-state index contributed by atoms with van der Waals surface area (Å²) in [4.78, 5) is 0. The molecule has 1 aliphatic carbocycles. The Bertz CT molecular complexity index is 131. The fraction of sp³-hybridized carbons (Fsp3) is 1.00. The van der Waals surface area contributed by atoms with Gasteiger partial charge in [-0.15, -0.1) is 11.6 Å².